The molecule has 1 saturated heterocycles. The minimum absolute atomic E-state index is 0.0369. The molecular weight excluding hydrogens is 405 g/mol. The molecule has 0 unspecified atom stereocenters. The Bertz CT molecular complexity index is 980. The Morgan fingerprint density at radius 1 is 1.45 bits per heavy atom. The number of nitrogens with one attached hydrogen (secondary N) is 2. The Kier molecular flexibility index (Phi) is 6.49. The van der Waals surface area contributed by atoms with Crippen LogP contribution >= 0.6 is 7.60 Å². The van der Waals surface area contributed by atoms with Gasteiger partial charge in [0.15, 0.2) is 11.2 Å². The molecule has 3 rings (SSSR count). The maximum absolute atomic E-state index is 12.3. The number of anilines is 1. The van der Waals surface area contributed by atoms with E-state index in [2.05, 4.69) is 20.3 Å². The van der Waals surface area contributed by atoms with Gasteiger partial charge in [0.25, 0.3) is 5.56 Å². The molecule has 0 aromatic carbocycles. The molecule has 160 valence electrons. The number of fused-ring (bicyclic) bond motifs is 1. The van der Waals surface area contributed by atoms with E-state index in [9.17, 15) is 14.2 Å². The standard InChI is InChI=1S/C16H24N5O7P/c1-9(2)14(22)19-16-18-13-12(15(23)20-16)17-7-21(13)11-5-10(6-27-11)28-8-29(24,25-3)26-4/h7,9-11H,5-6,8H2,1-4H3,(H2,18,19,20,22,23)/t10-,11-/m1/s1. The van der Waals surface area contributed by atoms with E-state index in [1.54, 1.807) is 18.4 Å². The number of hydrogen-bond donors (Lipinski definition) is 2. The molecule has 29 heavy (non-hydrogen) atoms. The molecule has 1 aliphatic heterocycles. The topological polar surface area (TPSA) is 147 Å². The zero-order chi connectivity index (χ0) is 21.2. The van der Waals surface area contributed by atoms with Crippen molar-refractivity contribution < 1.29 is 27.9 Å². The van der Waals surface area contributed by atoms with Crippen molar-refractivity contribution in [2.24, 2.45) is 5.92 Å². The van der Waals surface area contributed by atoms with Crippen molar-refractivity contribution in [1.29, 1.82) is 0 Å². The molecule has 2 aromatic rings. The summed E-state index contributed by atoms with van der Waals surface area (Å²) in [7, 11) is -0.703. The first-order valence-corrected chi connectivity index (χ1v) is 10.7. The van der Waals surface area contributed by atoms with Gasteiger partial charge in [0, 0.05) is 26.6 Å². The number of aromatic nitrogens is 4. The zero-order valence-corrected chi connectivity index (χ0v) is 17.5. The quantitative estimate of drug-likeness (QED) is 0.595. The number of amides is 1. The summed E-state index contributed by atoms with van der Waals surface area (Å²) in [5.74, 6) is -0.508. The molecular formula is C16H24N5O7P. The third-order valence-electron chi connectivity index (χ3n) is 4.47. The molecule has 0 radical (unpaired) electrons. The fourth-order valence-electron chi connectivity index (χ4n) is 2.72. The number of nitrogens with zero attached hydrogens (tertiary/aromatic N) is 3. The number of H-pyrrole nitrogens is 1. The number of carbonyl (C=O) groups is 1. The summed E-state index contributed by atoms with van der Waals surface area (Å²) in [5, 5.41) is 2.57. The molecule has 13 heteroatoms. The maximum Gasteiger partial charge on any atom is 0.355 e. The van der Waals surface area contributed by atoms with Gasteiger partial charge in [0.05, 0.1) is 19.0 Å². The predicted molar refractivity (Wildman–Crippen MR) is 103 cm³/mol. The Hall–Kier alpha value is -2.11. The van der Waals surface area contributed by atoms with Crippen LogP contribution in [-0.2, 0) is 27.9 Å². The van der Waals surface area contributed by atoms with Gasteiger partial charge in [0.1, 0.15) is 12.6 Å². The van der Waals surface area contributed by atoms with Gasteiger partial charge in [-0.05, 0) is 0 Å². The van der Waals surface area contributed by atoms with E-state index in [4.69, 9.17) is 18.5 Å². The van der Waals surface area contributed by atoms with E-state index in [-0.39, 0.29) is 48.0 Å². The lowest BCUT2D eigenvalue weighted by Crippen LogP contribution is -2.22. The molecule has 3 heterocycles. The van der Waals surface area contributed by atoms with Crippen LogP contribution in [-0.4, -0.2) is 58.7 Å². The van der Waals surface area contributed by atoms with Gasteiger partial charge in [0.2, 0.25) is 11.9 Å². The van der Waals surface area contributed by atoms with Crippen LogP contribution < -0.4 is 10.9 Å². The molecule has 2 aromatic heterocycles. The van der Waals surface area contributed by atoms with Crippen LogP contribution in [0.2, 0.25) is 0 Å². The van der Waals surface area contributed by atoms with Crippen molar-refractivity contribution in [3.8, 4) is 0 Å². The molecule has 12 nitrogen and oxygen atoms in total. The smallest absolute Gasteiger partial charge is 0.355 e. The summed E-state index contributed by atoms with van der Waals surface area (Å²) >= 11 is 0. The average Bonchev–Trinajstić information content (AvgIpc) is 3.33. The van der Waals surface area contributed by atoms with Crippen molar-refractivity contribution >= 4 is 30.6 Å². The molecule has 2 N–H and O–H groups in total. The van der Waals surface area contributed by atoms with Gasteiger partial charge < -0.3 is 18.5 Å². The van der Waals surface area contributed by atoms with Gasteiger partial charge in [-0.1, -0.05) is 13.8 Å². The highest BCUT2D eigenvalue weighted by Gasteiger charge is 2.32. The Morgan fingerprint density at radius 2 is 2.17 bits per heavy atom. The second-order valence-corrected chi connectivity index (χ2v) is 9.01. The van der Waals surface area contributed by atoms with Gasteiger partial charge in [-0.15, -0.1) is 0 Å². The van der Waals surface area contributed by atoms with E-state index in [1.165, 1.54) is 20.5 Å². The maximum atomic E-state index is 12.3. The van der Waals surface area contributed by atoms with E-state index in [0.717, 1.165) is 0 Å². The molecule has 1 fully saturated rings. The normalized spacial score (nSPS) is 19.9. The summed E-state index contributed by atoms with van der Waals surface area (Å²) in [6, 6.07) is 0. The third kappa shape index (κ3) is 4.73. The van der Waals surface area contributed by atoms with Crippen LogP contribution in [0.4, 0.5) is 5.95 Å². The average molecular weight is 429 g/mol. The Morgan fingerprint density at radius 3 is 2.83 bits per heavy atom. The summed E-state index contributed by atoms with van der Waals surface area (Å²) in [4.78, 5) is 35.1. The zero-order valence-electron chi connectivity index (χ0n) is 16.6. The minimum atomic E-state index is -3.28. The van der Waals surface area contributed by atoms with Crippen LogP contribution in [0.25, 0.3) is 11.2 Å². The van der Waals surface area contributed by atoms with Crippen molar-refractivity contribution in [1.82, 2.24) is 19.5 Å². The molecule has 0 bridgehead atoms. The monoisotopic (exact) mass is 429 g/mol. The second kappa shape index (κ2) is 8.72. The van der Waals surface area contributed by atoms with E-state index in [0.29, 0.717) is 6.42 Å². The first-order chi connectivity index (χ1) is 13.8. The largest absolute Gasteiger partial charge is 0.363 e. The van der Waals surface area contributed by atoms with Gasteiger partial charge in [-0.3, -0.25) is 29.0 Å². The third-order valence-corrected chi connectivity index (χ3v) is 6.05. The highest BCUT2D eigenvalue weighted by Crippen LogP contribution is 2.46. The molecule has 0 saturated carbocycles. The Labute approximate surface area is 166 Å². The first kappa shape index (κ1) is 21.6. The van der Waals surface area contributed by atoms with Crippen molar-refractivity contribution in [3.63, 3.8) is 0 Å². The number of rotatable bonds is 8. The number of imidazole rings is 1. The molecule has 1 aliphatic rings. The molecule has 0 aliphatic carbocycles. The number of aromatic amines is 1. The van der Waals surface area contributed by atoms with Gasteiger partial charge in [-0.2, -0.15) is 4.98 Å². The fraction of sp³-hybridized carbons (Fsp3) is 0.625. The number of carbonyl (C=O) groups excluding carboxylic acids is 1. The van der Waals surface area contributed by atoms with Crippen molar-refractivity contribution in [2.45, 2.75) is 32.6 Å². The second-order valence-electron chi connectivity index (χ2n) is 6.80. The first-order valence-electron chi connectivity index (χ1n) is 8.97. The Balaban J connectivity index is 1.76. The molecule has 1 amide bonds. The summed E-state index contributed by atoms with van der Waals surface area (Å²) < 4.78 is 34.7. The summed E-state index contributed by atoms with van der Waals surface area (Å²) in [6.07, 6.45) is 0.828. The van der Waals surface area contributed by atoms with Crippen LogP contribution in [0.15, 0.2) is 11.1 Å². The SMILES string of the molecule is COP(=O)(CO[C@H]1CO[C@@H](n2cnc3c(=O)[nH]c(NC(=O)C(C)C)nc32)C1)OC. The minimum Gasteiger partial charge on any atom is -0.363 e. The summed E-state index contributed by atoms with van der Waals surface area (Å²) in [5.41, 5.74) is -0.0681. The highest BCUT2D eigenvalue weighted by molar-refractivity contribution is 7.53. The van der Waals surface area contributed by atoms with E-state index < -0.39 is 19.4 Å². The predicted octanol–water partition coefficient (Wildman–Crippen LogP) is 1.46. The highest BCUT2D eigenvalue weighted by atomic mass is 31.2. The van der Waals surface area contributed by atoms with E-state index in [1.807, 2.05) is 0 Å². The van der Waals surface area contributed by atoms with Crippen LogP contribution in [0.5, 0.6) is 0 Å². The van der Waals surface area contributed by atoms with Crippen LogP contribution in [0.1, 0.15) is 26.5 Å². The van der Waals surface area contributed by atoms with Crippen molar-refractivity contribution in [3.05, 3.63) is 16.7 Å². The number of ether oxygens (including phenoxy) is 2. The van der Waals surface area contributed by atoms with Crippen LogP contribution in [0, 0.1) is 5.92 Å². The van der Waals surface area contributed by atoms with Crippen LogP contribution in [0.3, 0.4) is 0 Å². The lowest BCUT2D eigenvalue weighted by atomic mass is 10.2. The lowest BCUT2D eigenvalue weighted by Gasteiger charge is -2.16. The van der Waals surface area contributed by atoms with E-state index >= 15 is 0 Å². The van der Waals surface area contributed by atoms with Gasteiger partial charge >= 0.3 is 7.60 Å². The fourth-order valence-corrected chi connectivity index (χ4v) is 3.48. The summed E-state index contributed by atoms with van der Waals surface area (Å²) in [6.45, 7) is 3.71. The van der Waals surface area contributed by atoms with Crippen molar-refractivity contribution in [2.75, 3.05) is 32.5 Å². The number of hydrogen-bond acceptors (Lipinski definition) is 9. The van der Waals surface area contributed by atoms with Gasteiger partial charge in [-0.25, -0.2) is 4.98 Å². The molecule has 0 spiro atoms. The molecule has 2 atom stereocenters. The lowest BCUT2D eigenvalue weighted by molar-refractivity contribution is -0.118.